The third-order valence-electron chi connectivity index (χ3n) is 12.5. The molecular weight excluding hydrogens is 841 g/mol. The highest BCUT2D eigenvalue weighted by atomic mass is 35.5. The van der Waals surface area contributed by atoms with Crippen molar-refractivity contribution in [3.05, 3.63) is 83.0 Å². The van der Waals surface area contributed by atoms with E-state index in [0.717, 1.165) is 104 Å². The number of aromatic nitrogens is 2. The number of carbonyl (C=O) groups is 3. The summed E-state index contributed by atoms with van der Waals surface area (Å²) in [7, 11) is 1.38. The van der Waals surface area contributed by atoms with Gasteiger partial charge in [0.2, 0.25) is 17.8 Å². The second-order valence-corrected chi connectivity index (χ2v) is 20.4. The summed E-state index contributed by atoms with van der Waals surface area (Å²) in [6.07, 6.45) is 8.02. The number of piperidine rings is 2. The molecule has 4 aliphatic rings. The van der Waals surface area contributed by atoms with Crippen LogP contribution in [0, 0.1) is 0 Å². The summed E-state index contributed by atoms with van der Waals surface area (Å²) in [5.41, 5.74) is 4.63. The number of benzene rings is 3. The van der Waals surface area contributed by atoms with Gasteiger partial charge >= 0.3 is 0 Å². The van der Waals surface area contributed by atoms with E-state index in [1.807, 2.05) is 30.3 Å². The lowest BCUT2D eigenvalue weighted by Crippen LogP contribution is -2.53. The number of hydrogen-bond acceptors (Lipinski definition) is 12. The van der Waals surface area contributed by atoms with Crippen LogP contribution in [0.4, 0.5) is 28.8 Å². The van der Waals surface area contributed by atoms with E-state index in [4.69, 9.17) is 21.3 Å². The Morgan fingerprint density at radius 2 is 1.71 bits per heavy atom. The van der Waals surface area contributed by atoms with Crippen LogP contribution in [-0.4, -0.2) is 126 Å². The third kappa shape index (κ3) is 10.3. The van der Waals surface area contributed by atoms with Gasteiger partial charge < -0.3 is 30.1 Å². The number of methoxy groups -OCH3 is 1. The van der Waals surface area contributed by atoms with E-state index >= 15 is 0 Å². The number of nitrogens with zero attached hydrogens (tertiary/aromatic N) is 6. The van der Waals surface area contributed by atoms with Crippen molar-refractivity contribution in [3.63, 3.8) is 0 Å². The Hall–Kier alpha value is -4.46. The zero-order valence-corrected chi connectivity index (χ0v) is 38.3. The monoisotopic (exact) mass is 897 g/mol. The zero-order valence-electron chi connectivity index (χ0n) is 35.9. The zero-order chi connectivity index (χ0) is 43.2. The summed E-state index contributed by atoms with van der Waals surface area (Å²) in [5, 5.41) is 10.9. The van der Waals surface area contributed by atoms with Gasteiger partial charge in [-0.25, -0.2) is 4.98 Å². The first-order valence-corrected chi connectivity index (χ1v) is 25.4. The number of fused-ring (bicyclic) bond motifs is 1. The minimum atomic E-state index is -0.583. The van der Waals surface area contributed by atoms with Crippen molar-refractivity contribution in [2.45, 2.75) is 68.5 Å². The molecule has 4 aliphatic heterocycles. The lowest BCUT2D eigenvalue weighted by Gasteiger charge is -2.43. The number of ether oxygens (including phenoxy) is 1. The summed E-state index contributed by atoms with van der Waals surface area (Å²) in [6, 6.07) is 20.4. The minimum Gasteiger partial charge on any atom is -0.494 e. The molecular formula is C46H57ClN9O4PS. The van der Waals surface area contributed by atoms with Crippen LogP contribution in [0.5, 0.6) is 5.75 Å². The molecule has 62 heavy (non-hydrogen) atoms. The topological polar surface area (TPSA) is 135 Å². The number of amides is 3. The third-order valence-corrected chi connectivity index (χ3v) is 15.3. The molecule has 1 atom stereocenters. The summed E-state index contributed by atoms with van der Waals surface area (Å²) in [5.74, 6) is 1.96. The van der Waals surface area contributed by atoms with Gasteiger partial charge in [0.15, 0.2) is 5.82 Å². The molecule has 0 radical (unpaired) electrons. The number of anilines is 5. The molecule has 16 heteroatoms. The summed E-state index contributed by atoms with van der Waals surface area (Å²) in [4.78, 5) is 57.0. The maximum absolute atomic E-state index is 13.2. The fourth-order valence-corrected chi connectivity index (χ4v) is 11.3. The fourth-order valence-electron chi connectivity index (χ4n) is 9.04. The second kappa shape index (κ2) is 20.4. The maximum Gasteiger partial charge on any atom is 0.255 e. The van der Waals surface area contributed by atoms with E-state index < -0.39 is 6.04 Å². The number of carbonyl (C=O) groups excluding carboxylic acids is 3. The van der Waals surface area contributed by atoms with Gasteiger partial charge in [-0.2, -0.15) is 4.98 Å². The quantitative estimate of drug-likeness (QED) is 0.0451. The highest BCUT2D eigenvalue weighted by Gasteiger charge is 2.40. The van der Waals surface area contributed by atoms with Gasteiger partial charge in [0, 0.05) is 86.2 Å². The average Bonchev–Trinajstić information content (AvgIpc) is 3.62. The predicted octanol–water partition coefficient (Wildman–Crippen LogP) is 7.30. The van der Waals surface area contributed by atoms with E-state index in [-0.39, 0.29) is 32.1 Å². The summed E-state index contributed by atoms with van der Waals surface area (Å²) in [6.45, 7) is 12.5. The lowest BCUT2D eigenvalue weighted by molar-refractivity contribution is -0.136. The molecule has 3 N–H and O–H groups in total. The first kappa shape index (κ1) is 44.2. The molecule has 5 heterocycles. The SMILES string of the molecule is COc1cc(N2CCC(N3CCN(CCCCCSc4cccc5c4CN(C4CCC(=O)NC4=O)C5=O)CC3)CC2)ccc1Nc1ncc(Cl)c(Nc2ccccc2P(C)C)n1. The molecule has 328 valence electrons. The molecule has 0 aliphatic carbocycles. The van der Waals surface area contributed by atoms with Crippen LogP contribution < -0.4 is 30.9 Å². The highest BCUT2D eigenvalue weighted by molar-refractivity contribution is 7.99. The Labute approximate surface area is 375 Å². The molecule has 13 nitrogen and oxygen atoms in total. The number of para-hydroxylation sites is 1. The standard InChI is InChI=1S/C46H57ClN9O4PS/c1-60-39-28-32(14-15-36(39)50-46-48-29-35(47)43(52-46)49-37-11-5-6-12-40(37)61(2)3)54-21-18-31(19-22-54)55-25-23-53(24-26-55)20-7-4-8-27-62-41-13-9-10-33-34(41)30-56(45(33)59)38-16-17-42(57)51-44(38)58/h5-6,9-15,28-29,31,38H,4,7-8,16-27,30H2,1-3H3,(H,51,57,58)(H2,48,49,50,52). The Balaban J connectivity index is 0.743. The Bertz CT molecular complexity index is 2250. The first-order valence-electron chi connectivity index (χ1n) is 21.8. The molecule has 3 amide bonds. The van der Waals surface area contributed by atoms with Crippen molar-refractivity contribution in [3.8, 4) is 5.75 Å². The molecule has 3 fully saturated rings. The van der Waals surface area contributed by atoms with Crippen molar-refractivity contribution in [1.82, 2.24) is 30.0 Å². The van der Waals surface area contributed by atoms with E-state index in [2.05, 4.69) is 79.3 Å². The van der Waals surface area contributed by atoms with Crippen LogP contribution in [0.1, 0.15) is 60.9 Å². The second-order valence-electron chi connectivity index (χ2n) is 16.6. The maximum atomic E-state index is 13.2. The van der Waals surface area contributed by atoms with E-state index in [1.165, 1.54) is 18.1 Å². The Morgan fingerprint density at radius 1 is 0.903 bits per heavy atom. The molecule has 4 aromatic rings. The van der Waals surface area contributed by atoms with Crippen molar-refractivity contribution >= 4 is 83.1 Å². The molecule has 8 rings (SSSR count). The van der Waals surface area contributed by atoms with Crippen LogP contribution >= 0.6 is 31.3 Å². The number of nitrogens with one attached hydrogen (secondary N) is 3. The highest BCUT2D eigenvalue weighted by Crippen LogP contribution is 2.37. The van der Waals surface area contributed by atoms with Gasteiger partial charge in [0.1, 0.15) is 16.8 Å². The summed E-state index contributed by atoms with van der Waals surface area (Å²) >= 11 is 8.34. The van der Waals surface area contributed by atoms with Crippen LogP contribution in [0.2, 0.25) is 5.02 Å². The van der Waals surface area contributed by atoms with Crippen LogP contribution in [-0.2, 0) is 16.1 Å². The number of halogens is 1. The van der Waals surface area contributed by atoms with Crippen molar-refractivity contribution < 1.29 is 19.1 Å². The van der Waals surface area contributed by atoms with Gasteiger partial charge in [-0.05, 0) is 98.9 Å². The predicted molar refractivity (Wildman–Crippen MR) is 252 cm³/mol. The number of unbranched alkanes of at least 4 members (excludes halogenated alkanes) is 2. The molecule has 0 spiro atoms. The number of piperazine rings is 1. The fraction of sp³-hybridized carbons (Fsp3) is 0.457. The number of rotatable bonds is 16. The normalized spacial score (nSPS) is 18.9. The van der Waals surface area contributed by atoms with Crippen molar-refractivity contribution in [2.75, 3.05) is 87.5 Å². The lowest BCUT2D eigenvalue weighted by atomic mass is 10.0. The first-order chi connectivity index (χ1) is 30.1. The van der Waals surface area contributed by atoms with Gasteiger partial charge in [0.05, 0.1) is 19.0 Å². The molecule has 0 bridgehead atoms. The number of imide groups is 1. The minimum absolute atomic E-state index is 0.113. The molecule has 3 aromatic carbocycles. The molecule has 0 saturated carbocycles. The number of hydrogen-bond donors (Lipinski definition) is 3. The van der Waals surface area contributed by atoms with Gasteiger partial charge in [-0.3, -0.25) is 24.6 Å². The molecule has 1 unspecified atom stereocenters. The van der Waals surface area contributed by atoms with E-state index in [1.54, 1.807) is 30.0 Å². The van der Waals surface area contributed by atoms with E-state index in [0.29, 0.717) is 41.4 Å². The van der Waals surface area contributed by atoms with Crippen LogP contribution in [0.15, 0.2) is 71.8 Å². The van der Waals surface area contributed by atoms with Gasteiger partial charge in [-0.15, -0.1) is 11.8 Å². The largest absolute Gasteiger partial charge is 0.494 e. The molecule has 1 aromatic heterocycles. The molecule has 3 saturated heterocycles. The summed E-state index contributed by atoms with van der Waals surface area (Å²) < 4.78 is 5.85. The van der Waals surface area contributed by atoms with Crippen LogP contribution in [0.25, 0.3) is 0 Å². The van der Waals surface area contributed by atoms with Gasteiger partial charge in [-0.1, -0.05) is 50.2 Å². The van der Waals surface area contributed by atoms with E-state index in [9.17, 15) is 14.4 Å². The Morgan fingerprint density at radius 3 is 2.48 bits per heavy atom. The smallest absolute Gasteiger partial charge is 0.255 e. The number of thioether (sulfide) groups is 1. The van der Waals surface area contributed by atoms with Crippen molar-refractivity contribution in [1.29, 1.82) is 0 Å². The van der Waals surface area contributed by atoms with Crippen molar-refractivity contribution in [2.24, 2.45) is 0 Å². The van der Waals surface area contributed by atoms with Crippen LogP contribution in [0.3, 0.4) is 0 Å². The van der Waals surface area contributed by atoms with Gasteiger partial charge in [0.25, 0.3) is 5.91 Å². The Kier molecular flexibility index (Phi) is 14.5. The average molecular weight is 899 g/mol.